The number of aliphatic hydroxyl groups excluding tert-OH is 1. The smallest absolute Gasteiger partial charge is 0.333 e. The Morgan fingerprint density at radius 3 is 1.21 bits per heavy atom. The maximum atomic E-state index is 13.4. The number of alkyl halides is 1. The highest BCUT2D eigenvalue weighted by Crippen LogP contribution is 2.59. The number of hydrogen-bond donors (Lipinski definition) is 1. The number of fused-ring (bicyclic) bond motifs is 2. The summed E-state index contributed by atoms with van der Waals surface area (Å²) in [6.07, 6.45) is 1.23. The number of hydrogen-bond acceptors (Lipinski definition) is 9. The first-order valence-electron chi connectivity index (χ1n) is 21.5. The van der Waals surface area contributed by atoms with Crippen molar-refractivity contribution >= 4 is 100 Å². The molecule has 8 rings (SSSR count). The lowest BCUT2D eigenvalue weighted by molar-refractivity contribution is 0.0963. The van der Waals surface area contributed by atoms with Gasteiger partial charge in [0.2, 0.25) is 0 Å². The summed E-state index contributed by atoms with van der Waals surface area (Å²) in [7, 11) is 0. The number of halogens is 4. The molecule has 20 heteroatoms. The fraction of sp³-hybridized carbons (Fsp3) is 0.250. The van der Waals surface area contributed by atoms with Crippen LogP contribution in [-0.4, -0.2) is 54.0 Å². The van der Waals surface area contributed by atoms with Crippen LogP contribution in [0.3, 0.4) is 0 Å². The molecule has 4 heterocycles. The number of rotatable bonds is 16. The first-order chi connectivity index (χ1) is 32.8. The van der Waals surface area contributed by atoms with Crippen LogP contribution in [0.4, 0.5) is 0 Å². The standard InChI is InChI=1S/C24H23BrN4O3.C24H24N4O4.Br3P/c1-2-13-27-23(31)21-22(29(24(27)32)15-17-9-5-3-6-10-17)26-20(14-25)28(21)16-19(30)18-11-7-4-8-12-18;1-2-13-26-23(31)21-22(28(24(26)32)14-17-9-5-3-6-10-17)25-20(16-29)27(21)15-19(30)18-11-7-4-8-12-18;1-4(2)3/h3-12H,2,13-16H2,1H3;3-12,29H,2,13-16H2,1H3;. The third-order valence-corrected chi connectivity index (χ3v) is 11.2. The van der Waals surface area contributed by atoms with Gasteiger partial charge in [-0.3, -0.25) is 37.4 Å². The van der Waals surface area contributed by atoms with Gasteiger partial charge in [0.25, 0.3) is 11.1 Å². The van der Waals surface area contributed by atoms with E-state index < -0.39 is 29.1 Å². The minimum Gasteiger partial charge on any atom is -0.388 e. The van der Waals surface area contributed by atoms with E-state index in [0.29, 0.717) is 47.3 Å². The van der Waals surface area contributed by atoms with E-state index in [9.17, 15) is 33.9 Å². The van der Waals surface area contributed by atoms with Crippen LogP contribution in [0, 0.1) is 0 Å². The Morgan fingerprint density at radius 2 is 0.868 bits per heavy atom. The summed E-state index contributed by atoms with van der Waals surface area (Å²) < 4.78 is 8.26. The number of aliphatic hydroxyl groups is 1. The average Bonchev–Trinajstić information content (AvgIpc) is 3.91. The Kier molecular flexibility index (Phi) is 19.1. The average molecular weight is 1200 g/mol. The van der Waals surface area contributed by atoms with Crippen LogP contribution in [0.25, 0.3) is 22.3 Å². The molecule has 0 amide bonds. The molecule has 15 nitrogen and oxygen atoms in total. The zero-order chi connectivity index (χ0) is 48.9. The van der Waals surface area contributed by atoms with E-state index in [2.05, 4.69) is 72.4 Å². The summed E-state index contributed by atoms with van der Waals surface area (Å²) in [5, 5.41) is 10.3. The number of Topliss-reactive ketones (excluding diaryl/α,β-unsaturated/α-hetero) is 2. The highest BCUT2D eigenvalue weighted by atomic mass is 80.0. The number of benzene rings is 4. The van der Waals surface area contributed by atoms with Gasteiger partial charge in [-0.25, -0.2) is 19.6 Å². The second-order valence-electron chi connectivity index (χ2n) is 15.3. The van der Waals surface area contributed by atoms with Crippen molar-refractivity contribution in [1.29, 1.82) is 0 Å². The molecule has 68 heavy (non-hydrogen) atoms. The lowest BCUT2D eigenvalue weighted by atomic mass is 10.1. The second-order valence-corrected chi connectivity index (χ2v) is 31.2. The van der Waals surface area contributed by atoms with Gasteiger partial charge in [-0.2, -0.15) is 0 Å². The SMILES string of the molecule is BrP(Br)Br.CCCn1c(=O)c2c(nc(CBr)n2CC(=O)c2ccccc2)n(Cc2ccccc2)c1=O.CCCn1c(=O)c2c(nc(CO)n2CC(=O)c2ccccc2)n(Cc2ccccc2)c1=O. The molecule has 0 fully saturated rings. The van der Waals surface area contributed by atoms with Gasteiger partial charge in [-0.15, -0.1) is 0 Å². The summed E-state index contributed by atoms with van der Waals surface area (Å²) in [5.74, 6) is 0.338. The van der Waals surface area contributed by atoms with E-state index in [1.807, 2.05) is 86.6 Å². The van der Waals surface area contributed by atoms with Crippen molar-refractivity contribution in [2.24, 2.45) is 0 Å². The molecule has 0 unspecified atom stereocenters. The zero-order valence-corrected chi connectivity index (χ0v) is 44.3. The lowest BCUT2D eigenvalue weighted by Crippen LogP contribution is -2.41. The Bertz CT molecular complexity index is 3030. The van der Waals surface area contributed by atoms with E-state index in [4.69, 9.17) is 0 Å². The van der Waals surface area contributed by atoms with Crippen molar-refractivity contribution in [3.05, 3.63) is 197 Å². The molecular weight excluding hydrogens is 1150 g/mol. The Labute approximate surface area is 424 Å². The van der Waals surface area contributed by atoms with Gasteiger partial charge in [-0.05, 0) is 70.4 Å². The maximum Gasteiger partial charge on any atom is 0.333 e. The van der Waals surface area contributed by atoms with Crippen molar-refractivity contribution in [2.75, 3.05) is 0 Å². The fourth-order valence-electron chi connectivity index (χ4n) is 7.61. The van der Waals surface area contributed by atoms with Gasteiger partial charge >= 0.3 is 11.4 Å². The molecule has 0 radical (unpaired) electrons. The van der Waals surface area contributed by atoms with Crippen LogP contribution in [0.5, 0.6) is 0 Å². The molecule has 1 N–H and O–H groups in total. The number of carbonyl (C=O) groups is 2. The number of aromatic nitrogens is 8. The van der Waals surface area contributed by atoms with E-state index in [0.717, 1.165) is 11.1 Å². The Hall–Kier alpha value is -5.17. The molecule has 0 bridgehead atoms. The molecule has 0 atom stereocenters. The van der Waals surface area contributed by atoms with Gasteiger partial charge < -0.3 is 14.2 Å². The first-order valence-corrected chi connectivity index (χ1v) is 30.0. The summed E-state index contributed by atoms with van der Waals surface area (Å²) in [5.41, 5.74) is 1.94. The normalized spacial score (nSPS) is 11.1. The van der Waals surface area contributed by atoms with Crippen molar-refractivity contribution in [3.8, 4) is 0 Å². The zero-order valence-electron chi connectivity index (χ0n) is 37.1. The predicted molar refractivity (Wildman–Crippen MR) is 282 cm³/mol. The minimum atomic E-state index is -0.510. The van der Waals surface area contributed by atoms with Gasteiger partial charge in [0.1, 0.15) is 22.3 Å². The molecule has 0 aliphatic rings. The summed E-state index contributed by atoms with van der Waals surface area (Å²) in [6, 6.07) is 36.6. The maximum absolute atomic E-state index is 13.4. The quantitative estimate of drug-likeness (QED) is 0.0561. The van der Waals surface area contributed by atoms with Crippen LogP contribution in [0.15, 0.2) is 141 Å². The van der Waals surface area contributed by atoms with Crippen molar-refractivity contribution < 1.29 is 14.7 Å². The van der Waals surface area contributed by atoms with Crippen molar-refractivity contribution in [2.45, 2.75) is 77.9 Å². The van der Waals surface area contributed by atoms with Gasteiger partial charge in [0.05, 0.1) is 31.5 Å². The van der Waals surface area contributed by atoms with Crippen molar-refractivity contribution in [3.63, 3.8) is 0 Å². The fourth-order valence-corrected chi connectivity index (χ4v) is 8.04. The summed E-state index contributed by atoms with van der Waals surface area (Å²) >= 11 is 12.9. The second kappa shape index (κ2) is 24.9. The van der Waals surface area contributed by atoms with Gasteiger partial charge in [-0.1, -0.05) is 151 Å². The molecule has 4 aromatic heterocycles. The Balaban J connectivity index is 0.000000208. The Morgan fingerprint density at radius 1 is 0.529 bits per heavy atom. The topological polar surface area (TPSA) is 178 Å². The predicted octanol–water partition coefficient (Wildman–Crippen LogP) is 9.19. The van der Waals surface area contributed by atoms with Crippen LogP contribution in [-0.2, 0) is 51.2 Å². The van der Waals surface area contributed by atoms with E-state index >= 15 is 0 Å². The van der Waals surface area contributed by atoms with Crippen LogP contribution < -0.4 is 22.5 Å². The number of nitrogens with zero attached hydrogens (tertiary/aromatic N) is 8. The van der Waals surface area contributed by atoms with Crippen LogP contribution in [0.2, 0.25) is 0 Å². The molecular formula is C48H47Br4N8O7P. The third kappa shape index (κ3) is 12.3. The molecule has 0 saturated heterocycles. The van der Waals surface area contributed by atoms with Gasteiger partial charge in [0.15, 0.2) is 33.9 Å². The summed E-state index contributed by atoms with van der Waals surface area (Å²) in [4.78, 5) is 88.0. The van der Waals surface area contributed by atoms with E-state index in [-0.39, 0.29) is 70.8 Å². The molecule has 8 aromatic rings. The molecule has 0 aliphatic carbocycles. The monoisotopic (exact) mass is 1190 g/mol. The minimum absolute atomic E-state index is 0.0354. The van der Waals surface area contributed by atoms with Gasteiger partial charge in [0, 0.05) is 24.2 Å². The number of imidazole rings is 2. The first kappa shape index (κ1) is 52.2. The van der Waals surface area contributed by atoms with Crippen molar-refractivity contribution in [1.82, 2.24) is 37.4 Å². The van der Waals surface area contributed by atoms with Crippen LogP contribution in [0.1, 0.15) is 70.2 Å². The lowest BCUT2D eigenvalue weighted by Gasteiger charge is -2.12. The summed E-state index contributed by atoms with van der Waals surface area (Å²) in [6.45, 7) is 4.17. The molecule has 0 aliphatic heterocycles. The van der Waals surface area contributed by atoms with E-state index in [1.54, 1.807) is 53.1 Å². The molecule has 4 aromatic carbocycles. The number of ketones is 2. The third-order valence-electron chi connectivity index (χ3n) is 10.7. The highest BCUT2D eigenvalue weighted by molar-refractivity contribution is 9.93. The van der Waals surface area contributed by atoms with Crippen LogP contribution >= 0.6 is 66.4 Å². The largest absolute Gasteiger partial charge is 0.388 e. The molecule has 0 saturated carbocycles. The van der Waals surface area contributed by atoms with E-state index in [1.165, 1.54) is 22.8 Å². The molecule has 0 spiro atoms. The number of carbonyl (C=O) groups excluding carboxylic acids is 2. The highest BCUT2D eigenvalue weighted by Gasteiger charge is 2.25. The molecule has 354 valence electrons.